The van der Waals surface area contributed by atoms with Gasteiger partial charge in [0.1, 0.15) is 5.75 Å². The van der Waals surface area contributed by atoms with Crippen LogP contribution in [-0.4, -0.2) is 36.9 Å². The standard InChI is InChI=1S/C18H20N2O3.CHCl3.Ni/c1-23-16-7-8-18(22)15(11-16)13-20-10-4-9-19-12-14-5-2-3-6-17(14)21;2-1(3)4;/h2-3,5-8,11-13,21-22H,4,9-10H2,1H3;1H;/q;;+2/p-2. The van der Waals surface area contributed by atoms with Crippen molar-refractivity contribution in [2.45, 2.75) is 10.7 Å². The zero-order valence-corrected chi connectivity index (χ0v) is 18.2. The van der Waals surface area contributed by atoms with Crippen LogP contribution in [0.1, 0.15) is 17.5 Å². The molecule has 0 radical (unpaired) electrons. The first kappa shape index (κ1) is 26.5. The van der Waals surface area contributed by atoms with Crippen LogP contribution in [-0.2, 0) is 16.5 Å². The molecule has 0 bridgehead atoms. The predicted octanol–water partition coefficient (Wildman–Crippen LogP) is 3.75. The Balaban J connectivity index is 0.00000133. The third-order valence-electron chi connectivity index (χ3n) is 3.17. The van der Waals surface area contributed by atoms with Crippen LogP contribution < -0.4 is 14.9 Å². The van der Waals surface area contributed by atoms with Crippen LogP contribution in [0.5, 0.6) is 17.2 Å². The van der Waals surface area contributed by atoms with Gasteiger partial charge in [-0.15, -0.1) is 5.75 Å². The van der Waals surface area contributed by atoms with Gasteiger partial charge in [-0.3, -0.25) is 9.98 Å². The van der Waals surface area contributed by atoms with Crippen LogP contribution in [0.15, 0.2) is 52.4 Å². The van der Waals surface area contributed by atoms with Gasteiger partial charge in [-0.2, -0.15) is 0 Å². The van der Waals surface area contributed by atoms with E-state index in [-0.39, 0.29) is 28.0 Å². The molecule has 0 unspecified atom stereocenters. The predicted molar refractivity (Wildman–Crippen MR) is 109 cm³/mol. The summed E-state index contributed by atoms with van der Waals surface area (Å²) >= 11 is 14.4. The second-order valence-electron chi connectivity index (χ2n) is 5.11. The van der Waals surface area contributed by atoms with E-state index in [0.717, 1.165) is 6.42 Å². The van der Waals surface area contributed by atoms with E-state index in [2.05, 4.69) is 9.98 Å². The van der Waals surface area contributed by atoms with Crippen molar-refractivity contribution in [2.24, 2.45) is 9.98 Å². The maximum absolute atomic E-state index is 11.6. The van der Waals surface area contributed by atoms with Crippen molar-refractivity contribution in [3.63, 3.8) is 0 Å². The Morgan fingerprint density at radius 3 is 2.04 bits per heavy atom. The monoisotopic (exact) mass is 486 g/mol. The van der Waals surface area contributed by atoms with Gasteiger partial charge in [-0.05, 0) is 29.7 Å². The van der Waals surface area contributed by atoms with E-state index in [9.17, 15) is 10.2 Å². The summed E-state index contributed by atoms with van der Waals surface area (Å²) in [6, 6.07) is 11.5. The Kier molecular flexibility index (Phi) is 14.7. The molecular formula is C19H19Cl3N2NiO3. The molecule has 0 atom stereocenters. The summed E-state index contributed by atoms with van der Waals surface area (Å²) in [5.41, 5.74) is 1.09. The summed E-state index contributed by atoms with van der Waals surface area (Å²) in [7, 11) is 1.55. The maximum atomic E-state index is 11.6. The van der Waals surface area contributed by atoms with E-state index in [0.29, 0.717) is 30.0 Å². The van der Waals surface area contributed by atoms with E-state index in [1.807, 2.05) is 6.07 Å². The number of ether oxygens (including phenoxy) is 1. The fourth-order valence-electron chi connectivity index (χ4n) is 1.92. The zero-order valence-electron chi connectivity index (χ0n) is 15.0. The third kappa shape index (κ3) is 11.4. The van der Waals surface area contributed by atoms with E-state index in [1.165, 1.54) is 12.1 Å². The molecule has 0 N–H and O–H groups in total. The number of aliphatic imine (C=N–C) groups is 2. The summed E-state index contributed by atoms with van der Waals surface area (Å²) in [4.78, 5) is 8.44. The molecule has 0 heterocycles. The van der Waals surface area contributed by atoms with Gasteiger partial charge in [0.2, 0.25) is 0 Å². The fourth-order valence-corrected chi connectivity index (χ4v) is 1.92. The van der Waals surface area contributed by atoms with Gasteiger partial charge >= 0.3 is 16.5 Å². The Morgan fingerprint density at radius 1 is 0.929 bits per heavy atom. The molecule has 0 aliphatic carbocycles. The Bertz CT molecular complexity index is 756. The molecule has 28 heavy (non-hydrogen) atoms. The number of alkyl halides is 3. The number of benzene rings is 2. The van der Waals surface area contributed by atoms with Crippen molar-refractivity contribution in [1.29, 1.82) is 0 Å². The molecule has 0 aliphatic rings. The average molecular weight is 488 g/mol. The number of rotatable bonds is 7. The zero-order chi connectivity index (χ0) is 20.1. The maximum Gasteiger partial charge on any atom is 2.00 e. The van der Waals surface area contributed by atoms with Crippen molar-refractivity contribution in [3.8, 4) is 17.2 Å². The summed E-state index contributed by atoms with van der Waals surface area (Å²) in [5, 5.41) is 23.1. The normalized spacial score (nSPS) is 10.6. The second kappa shape index (κ2) is 15.5. The third-order valence-corrected chi connectivity index (χ3v) is 3.17. The topological polar surface area (TPSA) is 80.1 Å². The van der Waals surface area contributed by atoms with Crippen molar-refractivity contribution in [3.05, 3.63) is 53.6 Å². The molecule has 154 valence electrons. The van der Waals surface area contributed by atoms with Crippen LogP contribution in [0.25, 0.3) is 0 Å². The fraction of sp³-hybridized carbons (Fsp3) is 0.263. The van der Waals surface area contributed by atoms with E-state index < -0.39 is 4.30 Å². The summed E-state index contributed by atoms with van der Waals surface area (Å²) in [5.74, 6) is 0.516. The van der Waals surface area contributed by atoms with Gasteiger partial charge in [-0.1, -0.05) is 70.9 Å². The molecule has 0 saturated carbocycles. The number of nitrogens with zero attached hydrogens (tertiary/aromatic N) is 2. The molecular weight excluding hydrogens is 469 g/mol. The van der Waals surface area contributed by atoms with Crippen molar-refractivity contribution in [1.82, 2.24) is 0 Å². The smallest absolute Gasteiger partial charge is 0.872 e. The van der Waals surface area contributed by atoms with Crippen LogP contribution in [0.3, 0.4) is 0 Å². The SMILES string of the molecule is COc1ccc([O-])c(C=NCCCN=Cc2ccccc2[O-])c1.ClC(Cl)Cl.[Ni+2]. The minimum absolute atomic E-state index is 0. The molecule has 2 aromatic carbocycles. The quantitative estimate of drug-likeness (QED) is 0.258. The molecule has 0 fully saturated rings. The Hall–Kier alpha value is -1.46. The van der Waals surface area contributed by atoms with Crippen LogP contribution in [0.4, 0.5) is 0 Å². The molecule has 2 rings (SSSR count). The molecule has 0 spiro atoms. The minimum atomic E-state index is -0.750. The second-order valence-corrected chi connectivity index (χ2v) is 7.09. The first-order valence-electron chi connectivity index (χ1n) is 7.97. The van der Waals surface area contributed by atoms with E-state index in [1.54, 1.807) is 43.8 Å². The van der Waals surface area contributed by atoms with Gasteiger partial charge in [0, 0.05) is 25.5 Å². The summed E-state index contributed by atoms with van der Waals surface area (Å²) in [6.07, 6.45) is 3.89. The number of methoxy groups -OCH3 is 1. The largest absolute Gasteiger partial charge is 2.00 e. The number of hydrogen-bond donors (Lipinski definition) is 0. The Morgan fingerprint density at radius 2 is 1.46 bits per heavy atom. The van der Waals surface area contributed by atoms with Crippen LogP contribution in [0, 0.1) is 0 Å². The Labute approximate surface area is 189 Å². The summed E-state index contributed by atoms with van der Waals surface area (Å²) in [6.45, 7) is 1.14. The van der Waals surface area contributed by atoms with Crippen LogP contribution in [0.2, 0.25) is 0 Å². The average Bonchev–Trinajstić information content (AvgIpc) is 2.63. The van der Waals surface area contributed by atoms with Crippen LogP contribution >= 0.6 is 34.8 Å². The number of halogens is 3. The number of hydrogen-bond acceptors (Lipinski definition) is 5. The van der Waals surface area contributed by atoms with Crippen molar-refractivity contribution < 1.29 is 31.4 Å². The van der Waals surface area contributed by atoms with Crippen molar-refractivity contribution >= 4 is 47.2 Å². The first-order chi connectivity index (χ1) is 12.9. The molecule has 0 saturated heterocycles. The molecule has 0 amide bonds. The number of para-hydroxylation sites is 1. The molecule has 9 heteroatoms. The van der Waals surface area contributed by atoms with Gasteiger partial charge in [0.25, 0.3) is 0 Å². The summed E-state index contributed by atoms with van der Waals surface area (Å²) < 4.78 is 4.33. The van der Waals surface area contributed by atoms with Gasteiger partial charge < -0.3 is 14.9 Å². The van der Waals surface area contributed by atoms with Crippen molar-refractivity contribution in [2.75, 3.05) is 20.2 Å². The minimum Gasteiger partial charge on any atom is -0.872 e. The van der Waals surface area contributed by atoms with E-state index in [4.69, 9.17) is 39.5 Å². The molecule has 0 aromatic heterocycles. The van der Waals surface area contributed by atoms with Gasteiger partial charge in [-0.25, -0.2) is 0 Å². The first-order valence-corrected chi connectivity index (χ1v) is 9.28. The molecule has 5 nitrogen and oxygen atoms in total. The van der Waals surface area contributed by atoms with Gasteiger partial charge in [0.15, 0.2) is 4.30 Å². The van der Waals surface area contributed by atoms with E-state index >= 15 is 0 Å². The molecule has 0 aliphatic heterocycles. The molecule has 2 aromatic rings. The van der Waals surface area contributed by atoms with Gasteiger partial charge in [0.05, 0.1) is 7.11 Å².